The molecule has 1 atom stereocenters. The van der Waals surface area contributed by atoms with Gasteiger partial charge in [-0.05, 0) is 6.07 Å². The number of primary sulfonamides is 1. The number of alkyl halides is 1. The van der Waals surface area contributed by atoms with E-state index in [1.54, 1.807) is 0 Å². The zero-order valence-corrected chi connectivity index (χ0v) is 8.66. The van der Waals surface area contributed by atoms with Crippen LogP contribution in [0.5, 0.6) is 0 Å². The van der Waals surface area contributed by atoms with Gasteiger partial charge in [0.25, 0.3) is 10.0 Å². The number of pyridine rings is 1. The van der Waals surface area contributed by atoms with Crippen LogP contribution in [0.3, 0.4) is 0 Å². The molecule has 7 heteroatoms. The van der Waals surface area contributed by atoms with Gasteiger partial charge in [0, 0.05) is 11.8 Å². The summed E-state index contributed by atoms with van der Waals surface area (Å²) >= 11 is 5.40. The summed E-state index contributed by atoms with van der Waals surface area (Å²) < 4.78 is 22.1. The number of hydrogen-bond acceptors (Lipinski definition) is 4. The number of sulfonamides is 1. The first-order chi connectivity index (χ1) is 6.46. The van der Waals surface area contributed by atoms with E-state index in [1.807, 2.05) is 0 Å². The third-order valence-electron chi connectivity index (χ3n) is 1.58. The summed E-state index contributed by atoms with van der Waals surface area (Å²) in [6.45, 7) is 0. The van der Waals surface area contributed by atoms with E-state index in [9.17, 15) is 13.5 Å². The van der Waals surface area contributed by atoms with Gasteiger partial charge in [-0.1, -0.05) is 6.07 Å². The zero-order chi connectivity index (χ0) is 10.8. The lowest BCUT2D eigenvalue weighted by atomic mass is 10.2. The van der Waals surface area contributed by atoms with Gasteiger partial charge >= 0.3 is 0 Å². The summed E-state index contributed by atoms with van der Waals surface area (Å²) in [7, 11) is -3.92. The van der Waals surface area contributed by atoms with E-state index < -0.39 is 16.1 Å². The molecular formula is C7H9ClN2O3S. The highest BCUT2D eigenvalue weighted by Crippen LogP contribution is 2.19. The second-order valence-electron chi connectivity index (χ2n) is 2.61. The third kappa shape index (κ3) is 2.42. The first-order valence-corrected chi connectivity index (χ1v) is 5.76. The SMILES string of the molecule is NS(=O)(=O)c1ncccc1C(O)CCl. The number of nitrogens with two attached hydrogens (primary N) is 1. The lowest BCUT2D eigenvalue weighted by molar-refractivity contribution is 0.198. The molecule has 0 radical (unpaired) electrons. The van der Waals surface area contributed by atoms with Crippen LogP contribution in [0.25, 0.3) is 0 Å². The molecule has 5 nitrogen and oxygen atoms in total. The van der Waals surface area contributed by atoms with Crippen molar-refractivity contribution in [3.63, 3.8) is 0 Å². The van der Waals surface area contributed by atoms with Gasteiger partial charge in [-0.15, -0.1) is 11.6 Å². The summed E-state index contributed by atoms with van der Waals surface area (Å²) in [6, 6.07) is 2.92. The van der Waals surface area contributed by atoms with Crippen molar-refractivity contribution in [3.05, 3.63) is 23.9 Å². The Morgan fingerprint density at radius 1 is 1.64 bits per heavy atom. The number of aliphatic hydroxyl groups is 1. The second-order valence-corrected chi connectivity index (χ2v) is 4.40. The predicted octanol–water partition coefficient (Wildman–Crippen LogP) is 0.00120. The Hall–Kier alpha value is -0.690. The first-order valence-electron chi connectivity index (χ1n) is 3.68. The Morgan fingerprint density at radius 2 is 2.29 bits per heavy atom. The average Bonchev–Trinajstić information content (AvgIpc) is 2.15. The molecule has 0 aliphatic rings. The summed E-state index contributed by atoms with van der Waals surface area (Å²) in [5, 5.41) is 13.9. The average molecular weight is 237 g/mol. The normalized spacial score (nSPS) is 13.9. The van der Waals surface area contributed by atoms with E-state index in [-0.39, 0.29) is 16.5 Å². The van der Waals surface area contributed by atoms with Crippen molar-refractivity contribution in [2.45, 2.75) is 11.1 Å². The molecule has 1 unspecified atom stereocenters. The summed E-state index contributed by atoms with van der Waals surface area (Å²) in [5.41, 5.74) is 0.116. The molecule has 0 aliphatic carbocycles. The van der Waals surface area contributed by atoms with Crippen LogP contribution in [0, 0.1) is 0 Å². The lowest BCUT2D eigenvalue weighted by Gasteiger charge is -2.09. The Bertz CT molecular complexity index is 421. The van der Waals surface area contributed by atoms with Crippen molar-refractivity contribution in [2.24, 2.45) is 5.14 Å². The van der Waals surface area contributed by atoms with Gasteiger partial charge in [-0.2, -0.15) is 0 Å². The maximum absolute atomic E-state index is 11.0. The van der Waals surface area contributed by atoms with Gasteiger partial charge in [0.1, 0.15) is 0 Å². The summed E-state index contributed by atoms with van der Waals surface area (Å²) in [5.74, 6) is -0.117. The number of aromatic nitrogens is 1. The summed E-state index contributed by atoms with van der Waals surface area (Å²) in [4.78, 5) is 3.59. The molecule has 78 valence electrons. The fourth-order valence-corrected chi connectivity index (χ4v) is 1.88. The van der Waals surface area contributed by atoms with Crippen LogP contribution in [0.15, 0.2) is 23.4 Å². The smallest absolute Gasteiger partial charge is 0.255 e. The maximum Gasteiger partial charge on any atom is 0.255 e. The Morgan fingerprint density at radius 3 is 2.79 bits per heavy atom. The fraction of sp³-hybridized carbons (Fsp3) is 0.286. The highest BCUT2D eigenvalue weighted by atomic mass is 35.5. The molecule has 0 saturated carbocycles. The molecule has 0 aliphatic heterocycles. The molecule has 0 bridgehead atoms. The molecule has 1 aromatic heterocycles. The molecule has 1 rings (SSSR count). The minimum absolute atomic E-state index is 0.116. The van der Waals surface area contributed by atoms with Crippen LogP contribution in [-0.4, -0.2) is 24.4 Å². The van der Waals surface area contributed by atoms with E-state index in [4.69, 9.17) is 16.7 Å². The van der Waals surface area contributed by atoms with Crippen LogP contribution < -0.4 is 5.14 Å². The van der Waals surface area contributed by atoms with Gasteiger partial charge in [-0.25, -0.2) is 18.5 Å². The van der Waals surface area contributed by atoms with Crippen molar-refractivity contribution in [2.75, 3.05) is 5.88 Å². The first kappa shape index (κ1) is 11.4. The van der Waals surface area contributed by atoms with Crippen LogP contribution in [0.4, 0.5) is 0 Å². The van der Waals surface area contributed by atoms with E-state index in [2.05, 4.69) is 4.98 Å². The van der Waals surface area contributed by atoms with Crippen LogP contribution in [0.2, 0.25) is 0 Å². The fourth-order valence-electron chi connectivity index (χ4n) is 0.978. The number of halogens is 1. The minimum Gasteiger partial charge on any atom is -0.387 e. The molecular weight excluding hydrogens is 228 g/mol. The molecule has 0 fully saturated rings. The van der Waals surface area contributed by atoms with Gasteiger partial charge in [0.15, 0.2) is 5.03 Å². The van der Waals surface area contributed by atoms with E-state index >= 15 is 0 Å². The molecule has 1 heterocycles. The number of aliphatic hydroxyl groups excluding tert-OH is 1. The number of rotatable bonds is 3. The van der Waals surface area contributed by atoms with Crippen LogP contribution >= 0.6 is 11.6 Å². The van der Waals surface area contributed by atoms with E-state index in [1.165, 1.54) is 18.3 Å². The van der Waals surface area contributed by atoms with Gasteiger partial charge < -0.3 is 5.11 Å². The largest absolute Gasteiger partial charge is 0.387 e. The molecule has 0 aromatic carbocycles. The second kappa shape index (κ2) is 4.22. The van der Waals surface area contributed by atoms with E-state index in [0.717, 1.165) is 0 Å². The topological polar surface area (TPSA) is 93.3 Å². The quantitative estimate of drug-likeness (QED) is 0.723. The molecule has 14 heavy (non-hydrogen) atoms. The van der Waals surface area contributed by atoms with E-state index in [0.29, 0.717) is 0 Å². The standard InChI is InChI=1S/C7H9ClN2O3S/c8-4-6(11)5-2-1-3-10-7(5)14(9,12)13/h1-3,6,11H,4H2,(H2,9,12,13). The Kier molecular flexibility index (Phi) is 3.43. The molecule has 1 aromatic rings. The Balaban J connectivity index is 3.30. The van der Waals surface area contributed by atoms with Crippen LogP contribution in [0.1, 0.15) is 11.7 Å². The van der Waals surface area contributed by atoms with Gasteiger partial charge in [-0.3, -0.25) is 0 Å². The van der Waals surface area contributed by atoms with Crippen molar-refractivity contribution in [3.8, 4) is 0 Å². The molecule has 3 N–H and O–H groups in total. The highest BCUT2D eigenvalue weighted by Gasteiger charge is 2.19. The van der Waals surface area contributed by atoms with Crippen molar-refractivity contribution in [1.29, 1.82) is 0 Å². The lowest BCUT2D eigenvalue weighted by Crippen LogP contribution is -2.18. The van der Waals surface area contributed by atoms with Crippen LogP contribution in [-0.2, 0) is 10.0 Å². The van der Waals surface area contributed by atoms with Gasteiger partial charge in [0.2, 0.25) is 0 Å². The molecule has 0 spiro atoms. The van der Waals surface area contributed by atoms with Crippen molar-refractivity contribution >= 4 is 21.6 Å². The summed E-state index contributed by atoms with van der Waals surface area (Å²) in [6.07, 6.45) is 0.197. The van der Waals surface area contributed by atoms with Crippen molar-refractivity contribution < 1.29 is 13.5 Å². The monoisotopic (exact) mass is 236 g/mol. The highest BCUT2D eigenvalue weighted by molar-refractivity contribution is 7.89. The zero-order valence-electron chi connectivity index (χ0n) is 7.09. The van der Waals surface area contributed by atoms with Gasteiger partial charge in [0.05, 0.1) is 12.0 Å². The molecule has 0 saturated heterocycles. The third-order valence-corrected chi connectivity index (χ3v) is 2.75. The predicted molar refractivity (Wildman–Crippen MR) is 51.3 cm³/mol. The number of nitrogens with zero attached hydrogens (tertiary/aromatic N) is 1. The Labute approximate surface area is 86.6 Å². The minimum atomic E-state index is -3.92. The number of hydrogen-bond donors (Lipinski definition) is 2. The molecule has 0 amide bonds. The van der Waals surface area contributed by atoms with Crippen molar-refractivity contribution in [1.82, 2.24) is 4.98 Å². The maximum atomic E-state index is 11.0.